The number of nitrogens with one attached hydrogen (secondary N) is 1. The molecular formula is C18H18F2N2O5. The maximum Gasteiger partial charge on any atom is 0.387 e. The number of benzene rings is 2. The number of methoxy groups -OCH3 is 3. The normalized spacial score (nSPS) is 10.7. The Morgan fingerprint density at radius 1 is 0.963 bits per heavy atom. The van der Waals surface area contributed by atoms with E-state index in [4.69, 9.17) is 14.2 Å². The zero-order chi connectivity index (χ0) is 19.8. The molecule has 0 bridgehead atoms. The van der Waals surface area contributed by atoms with E-state index >= 15 is 0 Å². The van der Waals surface area contributed by atoms with Gasteiger partial charge in [0.1, 0.15) is 0 Å². The number of nitrogens with zero attached hydrogens (tertiary/aromatic N) is 1. The first kappa shape index (κ1) is 20.0. The number of rotatable bonds is 8. The number of hydrazone groups is 1. The highest BCUT2D eigenvalue weighted by Gasteiger charge is 2.11. The quantitative estimate of drug-likeness (QED) is 0.563. The molecule has 0 saturated carbocycles. The van der Waals surface area contributed by atoms with Crippen molar-refractivity contribution < 1.29 is 32.5 Å². The van der Waals surface area contributed by atoms with Crippen molar-refractivity contribution in [1.82, 2.24) is 5.43 Å². The number of alkyl halides is 2. The minimum Gasteiger partial charge on any atom is -0.493 e. The Morgan fingerprint density at radius 2 is 1.59 bits per heavy atom. The molecule has 0 saturated heterocycles. The van der Waals surface area contributed by atoms with Crippen LogP contribution in [0.3, 0.4) is 0 Å². The van der Waals surface area contributed by atoms with Crippen LogP contribution in [0.15, 0.2) is 41.5 Å². The third-order valence-corrected chi connectivity index (χ3v) is 3.43. The van der Waals surface area contributed by atoms with Crippen molar-refractivity contribution in [2.75, 3.05) is 21.3 Å². The Bertz CT molecular complexity index is 827. The molecular weight excluding hydrogens is 362 g/mol. The largest absolute Gasteiger partial charge is 0.493 e. The first-order valence-electron chi connectivity index (χ1n) is 7.66. The van der Waals surface area contributed by atoms with Gasteiger partial charge in [0.15, 0.2) is 23.0 Å². The van der Waals surface area contributed by atoms with Crippen LogP contribution in [0.1, 0.15) is 15.9 Å². The van der Waals surface area contributed by atoms with Crippen molar-refractivity contribution >= 4 is 12.1 Å². The van der Waals surface area contributed by atoms with Gasteiger partial charge in [0.05, 0.1) is 27.5 Å². The number of carbonyl (C=O) groups is 1. The van der Waals surface area contributed by atoms with Gasteiger partial charge in [-0.05, 0) is 42.0 Å². The second-order valence-electron chi connectivity index (χ2n) is 5.06. The van der Waals surface area contributed by atoms with Crippen LogP contribution in [0.25, 0.3) is 0 Å². The van der Waals surface area contributed by atoms with E-state index in [0.29, 0.717) is 22.6 Å². The number of hydrogen-bond acceptors (Lipinski definition) is 6. The first-order valence-corrected chi connectivity index (χ1v) is 7.66. The topological polar surface area (TPSA) is 78.4 Å². The van der Waals surface area contributed by atoms with Crippen LogP contribution in [0.4, 0.5) is 8.78 Å². The highest BCUT2D eigenvalue weighted by atomic mass is 19.3. The van der Waals surface area contributed by atoms with E-state index in [-0.39, 0.29) is 11.5 Å². The van der Waals surface area contributed by atoms with Gasteiger partial charge in [-0.1, -0.05) is 0 Å². The molecule has 144 valence electrons. The lowest BCUT2D eigenvalue weighted by molar-refractivity contribution is -0.0512. The Hall–Kier alpha value is -3.36. The molecule has 0 radical (unpaired) electrons. The fourth-order valence-electron chi connectivity index (χ4n) is 2.17. The van der Waals surface area contributed by atoms with E-state index in [1.54, 1.807) is 12.1 Å². The molecule has 0 aromatic heterocycles. The van der Waals surface area contributed by atoms with E-state index in [1.807, 2.05) is 0 Å². The number of amides is 1. The van der Waals surface area contributed by atoms with Crippen molar-refractivity contribution in [3.63, 3.8) is 0 Å². The van der Waals surface area contributed by atoms with Crippen molar-refractivity contribution in [2.24, 2.45) is 5.10 Å². The maximum absolute atomic E-state index is 12.3. The number of ether oxygens (including phenoxy) is 4. The smallest absolute Gasteiger partial charge is 0.387 e. The highest BCUT2D eigenvalue weighted by molar-refractivity contribution is 5.95. The summed E-state index contributed by atoms with van der Waals surface area (Å²) in [6.07, 6.45) is 1.34. The average molecular weight is 380 g/mol. The molecule has 0 heterocycles. The molecule has 7 nitrogen and oxygen atoms in total. The summed E-state index contributed by atoms with van der Waals surface area (Å²) in [5.41, 5.74) is 3.20. The Balaban J connectivity index is 2.07. The molecule has 0 atom stereocenters. The van der Waals surface area contributed by atoms with E-state index < -0.39 is 12.5 Å². The van der Waals surface area contributed by atoms with Gasteiger partial charge in [0.25, 0.3) is 5.91 Å². The summed E-state index contributed by atoms with van der Waals surface area (Å²) in [5.74, 6) is 0.463. The van der Waals surface area contributed by atoms with Gasteiger partial charge in [-0.15, -0.1) is 0 Å². The molecule has 2 aromatic rings. The van der Waals surface area contributed by atoms with E-state index in [2.05, 4.69) is 15.3 Å². The van der Waals surface area contributed by atoms with Gasteiger partial charge in [-0.2, -0.15) is 13.9 Å². The molecule has 0 spiro atoms. The fraction of sp³-hybridized carbons (Fsp3) is 0.222. The van der Waals surface area contributed by atoms with Gasteiger partial charge < -0.3 is 18.9 Å². The van der Waals surface area contributed by atoms with Crippen molar-refractivity contribution in [3.05, 3.63) is 47.5 Å². The summed E-state index contributed by atoms with van der Waals surface area (Å²) in [6, 6.07) is 8.94. The van der Waals surface area contributed by atoms with Gasteiger partial charge in [0.2, 0.25) is 0 Å². The Kier molecular flexibility index (Phi) is 6.93. The molecule has 1 amide bonds. The van der Waals surface area contributed by atoms with Crippen LogP contribution in [0.5, 0.6) is 23.0 Å². The summed E-state index contributed by atoms with van der Waals surface area (Å²) >= 11 is 0. The highest BCUT2D eigenvalue weighted by Crippen LogP contribution is 2.29. The van der Waals surface area contributed by atoms with E-state index in [1.165, 1.54) is 51.8 Å². The molecule has 0 aliphatic carbocycles. The van der Waals surface area contributed by atoms with Crippen molar-refractivity contribution in [2.45, 2.75) is 6.61 Å². The average Bonchev–Trinajstić information content (AvgIpc) is 2.67. The van der Waals surface area contributed by atoms with Gasteiger partial charge >= 0.3 is 6.61 Å². The minimum absolute atomic E-state index is 0.0981. The minimum atomic E-state index is -2.96. The van der Waals surface area contributed by atoms with Crippen molar-refractivity contribution in [1.29, 1.82) is 0 Å². The van der Waals surface area contributed by atoms with E-state index in [9.17, 15) is 13.6 Å². The molecule has 0 fully saturated rings. The number of halogens is 2. The molecule has 0 aliphatic rings. The van der Waals surface area contributed by atoms with Crippen LogP contribution in [0.2, 0.25) is 0 Å². The van der Waals surface area contributed by atoms with Gasteiger partial charge in [0, 0.05) is 5.56 Å². The second kappa shape index (κ2) is 9.37. The third-order valence-electron chi connectivity index (χ3n) is 3.43. The molecule has 9 heteroatoms. The summed E-state index contributed by atoms with van der Waals surface area (Å²) in [6.45, 7) is -2.96. The van der Waals surface area contributed by atoms with Crippen LogP contribution in [-0.4, -0.2) is 40.1 Å². The molecule has 27 heavy (non-hydrogen) atoms. The van der Waals surface area contributed by atoms with Crippen molar-refractivity contribution in [3.8, 4) is 23.0 Å². The van der Waals surface area contributed by atoms with Gasteiger partial charge in [-0.25, -0.2) is 5.43 Å². The van der Waals surface area contributed by atoms with Crippen LogP contribution in [-0.2, 0) is 0 Å². The second-order valence-corrected chi connectivity index (χ2v) is 5.06. The molecule has 0 unspecified atom stereocenters. The standard InChI is InChI=1S/C18H18F2N2O5/c1-24-13-7-5-12(9-16(13)26-3)17(23)22-21-10-11-4-6-14(27-18(19)20)15(8-11)25-2/h4-10,18H,1-3H3,(H,22,23). The van der Waals surface area contributed by atoms with E-state index in [0.717, 1.165) is 0 Å². The molecule has 2 rings (SSSR count). The zero-order valence-electron chi connectivity index (χ0n) is 14.9. The lowest BCUT2D eigenvalue weighted by Crippen LogP contribution is -2.17. The fourth-order valence-corrected chi connectivity index (χ4v) is 2.17. The number of hydrogen-bond donors (Lipinski definition) is 1. The first-order chi connectivity index (χ1) is 13.0. The Morgan fingerprint density at radius 3 is 2.22 bits per heavy atom. The molecule has 1 N–H and O–H groups in total. The zero-order valence-corrected chi connectivity index (χ0v) is 14.9. The maximum atomic E-state index is 12.3. The predicted molar refractivity (Wildman–Crippen MR) is 94.2 cm³/mol. The predicted octanol–water partition coefficient (Wildman–Crippen LogP) is 3.08. The Labute approximate surface area is 154 Å². The molecule has 0 aliphatic heterocycles. The molecule has 2 aromatic carbocycles. The van der Waals surface area contributed by atoms with Crippen LogP contribution >= 0.6 is 0 Å². The summed E-state index contributed by atoms with van der Waals surface area (Å²) in [5, 5.41) is 3.84. The summed E-state index contributed by atoms with van der Waals surface area (Å²) in [4.78, 5) is 12.2. The van der Waals surface area contributed by atoms with Crippen LogP contribution in [0, 0.1) is 0 Å². The summed E-state index contributed by atoms with van der Waals surface area (Å²) in [7, 11) is 4.29. The summed E-state index contributed by atoms with van der Waals surface area (Å²) < 4.78 is 44.2. The monoisotopic (exact) mass is 380 g/mol. The third kappa shape index (κ3) is 5.30. The lowest BCUT2D eigenvalue weighted by atomic mass is 10.2. The lowest BCUT2D eigenvalue weighted by Gasteiger charge is -2.10. The SMILES string of the molecule is COc1ccc(C(=O)NN=Cc2ccc(OC(F)F)c(OC)c2)cc1OC. The van der Waals surface area contributed by atoms with Gasteiger partial charge in [-0.3, -0.25) is 4.79 Å². The number of carbonyl (C=O) groups excluding carboxylic acids is 1. The van der Waals surface area contributed by atoms with Crippen LogP contribution < -0.4 is 24.4 Å².